The molecule has 0 bridgehead atoms. The summed E-state index contributed by atoms with van der Waals surface area (Å²) < 4.78 is 14.6. The second-order valence-corrected chi connectivity index (χ2v) is 6.66. The maximum Gasteiger partial charge on any atom is 0.271 e. The molecule has 0 aliphatic carbocycles. The number of hydrogen-bond acceptors (Lipinski definition) is 5. The molecular formula is C19H15ClFN5O2. The van der Waals surface area contributed by atoms with Crippen LogP contribution in [0, 0.1) is 5.82 Å². The van der Waals surface area contributed by atoms with Crippen LogP contribution >= 0.6 is 11.6 Å². The predicted molar refractivity (Wildman–Crippen MR) is 102 cm³/mol. The fourth-order valence-electron chi connectivity index (χ4n) is 2.77. The number of nitrogens with one attached hydrogen (secondary N) is 1. The summed E-state index contributed by atoms with van der Waals surface area (Å²) >= 11 is 5.98. The second-order valence-electron chi connectivity index (χ2n) is 6.23. The molecule has 1 unspecified atom stereocenters. The standard InChI is InChI=1S/C19H15ClFN5O2/c20-14-3-1-2-12(8-14)10-26-11-22-19(24-26)23-18(27)17-9-16(25-28-17)13-4-6-15(21)7-5-13/h1-8,11,17H,9-10H2,(H,23,24,27). The number of carbonyl (C=O) groups excluding carboxylic acids is 1. The first-order valence-corrected chi connectivity index (χ1v) is 8.88. The van der Waals surface area contributed by atoms with Gasteiger partial charge in [-0.1, -0.05) is 41.0 Å². The van der Waals surface area contributed by atoms with Crippen molar-refractivity contribution >= 4 is 29.2 Å². The Morgan fingerprint density at radius 3 is 2.89 bits per heavy atom. The number of aromatic nitrogens is 3. The van der Waals surface area contributed by atoms with Gasteiger partial charge in [-0.3, -0.25) is 10.1 Å². The van der Waals surface area contributed by atoms with Crippen LogP contribution in [0.5, 0.6) is 0 Å². The summed E-state index contributed by atoms with van der Waals surface area (Å²) in [5.74, 6) is -0.566. The molecule has 3 aromatic rings. The highest BCUT2D eigenvalue weighted by Gasteiger charge is 2.29. The monoisotopic (exact) mass is 399 g/mol. The predicted octanol–water partition coefficient (Wildman–Crippen LogP) is 3.25. The first-order chi connectivity index (χ1) is 13.6. The van der Waals surface area contributed by atoms with Gasteiger partial charge in [0.25, 0.3) is 5.91 Å². The first-order valence-electron chi connectivity index (χ1n) is 8.50. The number of carbonyl (C=O) groups is 1. The SMILES string of the molecule is O=C(Nc1ncn(Cc2cccc(Cl)c2)n1)C1CC(c2ccc(F)cc2)=NO1. The van der Waals surface area contributed by atoms with Crippen molar-refractivity contribution in [2.24, 2.45) is 5.16 Å². The summed E-state index contributed by atoms with van der Waals surface area (Å²) in [6.07, 6.45) is 1.01. The van der Waals surface area contributed by atoms with E-state index >= 15 is 0 Å². The van der Waals surface area contributed by atoms with Gasteiger partial charge in [0.05, 0.1) is 12.3 Å². The third-order valence-corrected chi connectivity index (χ3v) is 4.38. The molecular weight excluding hydrogens is 385 g/mol. The van der Waals surface area contributed by atoms with Crippen molar-refractivity contribution in [1.82, 2.24) is 14.8 Å². The van der Waals surface area contributed by atoms with Crippen molar-refractivity contribution in [3.05, 3.63) is 76.8 Å². The van der Waals surface area contributed by atoms with Crippen LogP contribution in [0.1, 0.15) is 17.5 Å². The summed E-state index contributed by atoms with van der Waals surface area (Å²) in [6.45, 7) is 0.473. The Hall–Kier alpha value is -3.26. The summed E-state index contributed by atoms with van der Waals surface area (Å²) in [7, 11) is 0. The summed E-state index contributed by atoms with van der Waals surface area (Å²) in [4.78, 5) is 21.7. The van der Waals surface area contributed by atoms with Gasteiger partial charge in [0.2, 0.25) is 12.1 Å². The van der Waals surface area contributed by atoms with Crippen LogP contribution in [-0.4, -0.2) is 32.5 Å². The summed E-state index contributed by atoms with van der Waals surface area (Å²) in [5.41, 5.74) is 2.26. The molecule has 0 saturated carbocycles. The number of benzene rings is 2. The van der Waals surface area contributed by atoms with Crippen molar-refractivity contribution in [2.45, 2.75) is 19.1 Å². The molecule has 28 heavy (non-hydrogen) atoms. The van der Waals surface area contributed by atoms with E-state index in [4.69, 9.17) is 16.4 Å². The Kier molecular flexibility index (Phi) is 5.03. The van der Waals surface area contributed by atoms with Gasteiger partial charge in [-0.05, 0) is 35.4 Å². The van der Waals surface area contributed by atoms with E-state index in [0.29, 0.717) is 22.8 Å². The fraction of sp³-hybridized carbons (Fsp3) is 0.158. The van der Waals surface area contributed by atoms with Crippen LogP contribution in [0.2, 0.25) is 5.02 Å². The fourth-order valence-corrected chi connectivity index (χ4v) is 2.98. The van der Waals surface area contributed by atoms with E-state index in [-0.39, 0.29) is 18.2 Å². The highest BCUT2D eigenvalue weighted by atomic mass is 35.5. The third kappa shape index (κ3) is 4.17. The zero-order valence-corrected chi connectivity index (χ0v) is 15.3. The van der Waals surface area contributed by atoms with E-state index in [9.17, 15) is 9.18 Å². The molecule has 0 fully saturated rings. The van der Waals surface area contributed by atoms with Gasteiger partial charge in [-0.15, -0.1) is 5.10 Å². The molecule has 7 nitrogen and oxygen atoms in total. The summed E-state index contributed by atoms with van der Waals surface area (Å²) in [5, 5.41) is 11.4. The minimum absolute atomic E-state index is 0.172. The molecule has 0 saturated heterocycles. The summed E-state index contributed by atoms with van der Waals surface area (Å²) in [6, 6.07) is 13.3. The number of amides is 1. The zero-order valence-electron chi connectivity index (χ0n) is 14.5. The van der Waals surface area contributed by atoms with Gasteiger partial charge in [0, 0.05) is 11.4 Å². The van der Waals surface area contributed by atoms with E-state index in [1.165, 1.54) is 18.5 Å². The average molecular weight is 400 g/mol. The quantitative estimate of drug-likeness (QED) is 0.714. The van der Waals surface area contributed by atoms with E-state index in [2.05, 4.69) is 20.6 Å². The Labute approximate surface area is 164 Å². The van der Waals surface area contributed by atoms with Crippen LogP contribution in [0.15, 0.2) is 60.0 Å². The molecule has 1 aliphatic rings. The van der Waals surface area contributed by atoms with E-state index in [1.54, 1.807) is 22.9 Å². The van der Waals surface area contributed by atoms with Gasteiger partial charge in [0.15, 0.2) is 0 Å². The highest BCUT2D eigenvalue weighted by molar-refractivity contribution is 6.30. The van der Waals surface area contributed by atoms with Gasteiger partial charge >= 0.3 is 0 Å². The number of hydrogen-bond donors (Lipinski definition) is 1. The topological polar surface area (TPSA) is 81.4 Å². The second kappa shape index (κ2) is 7.77. The average Bonchev–Trinajstić information content (AvgIpc) is 3.32. The lowest BCUT2D eigenvalue weighted by Gasteiger charge is -2.06. The minimum Gasteiger partial charge on any atom is -0.382 e. The molecule has 1 amide bonds. The minimum atomic E-state index is -0.792. The van der Waals surface area contributed by atoms with Crippen molar-refractivity contribution in [2.75, 3.05) is 5.32 Å². The maximum absolute atomic E-state index is 13.0. The van der Waals surface area contributed by atoms with Crippen LogP contribution in [0.4, 0.5) is 10.3 Å². The smallest absolute Gasteiger partial charge is 0.271 e. The van der Waals surface area contributed by atoms with Crippen LogP contribution in [0.3, 0.4) is 0 Å². The maximum atomic E-state index is 13.0. The van der Waals surface area contributed by atoms with Gasteiger partial charge in [-0.25, -0.2) is 14.1 Å². The number of nitrogens with zero attached hydrogens (tertiary/aromatic N) is 4. The van der Waals surface area contributed by atoms with Crippen LogP contribution in [0.25, 0.3) is 0 Å². The lowest BCUT2D eigenvalue weighted by Crippen LogP contribution is -2.28. The van der Waals surface area contributed by atoms with E-state index < -0.39 is 12.0 Å². The molecule has 1 N–H and O–H groups in total. The molecule has 2 heterocycles. The molecule has 9 heteroatoms. The normalized spacial score (nSPS) is 15.8. The van der Waals surface area contributed by atoms with E-state index in [1.807, 2.05) is 18.2 Å². The lowest BCUT2D eigenvalue weighted by molar-refractivity contribution is -0.125. The van der Waals surface area contributed by atoms with Crippen LogP contribution in [-0.2, 0) is 16.2 Å². The largest absolute Gasteiger partial charge is 0.382 e. The molecule has 2 aromatic carbocycles. The Balaban J connectivity index is 1.34. The molecule has 1 aromatic heterocycles. The van der Waals surface area contributed by atoms with Crippen molar-refractivity contribution in [3.63, 3.8) is 0 Å². The molecule has 0 radical (unpaired) electrons. The van der Waals surface area contributed by atoms with Gasteiger partial charge in [0.1, 0.15) is 12.1 Å². The first kappa shape index (κ1) is 18.1. The Morgan fingerprint density at radius 1 is 1.29 bits per heavy atom. The molecule has 142 valence electrons. The van der Waals surface area contributed by atoms with E-state index in [0.717, 1.165) is 5.56 Å². The van der Waals surface area contributed by atoms with Crippen molar-refractivity contribution in [1.29, 1.82) is 0 Å². The van der Waals surface area contributed by atoms with Gasteiger partial charge in [-0.2, -0.15) is 0 Å². The number of rotatable bonds is 5. The Bertz CT molecular complexity index is 1030. The van der Waals surface area contributed by atoms with Gasteiger partial charge < -0.3 is 4.84 Å². The Morgan fingerprint density at radius 2 is 2.11 bits per heavy atom. The molecule has 1 atom stereocenters. The number of halogens is 2. The van der Waals surface area contributed by atoms with Crippen molar-refractivity contribution < 1.29 is 14.0 Å². The zero-order chi connectivity index (χ0) is 19.5. The highest BCUT2D eigenvalue weighted by Crippen LogP contribution is 2.18. The molecule has 0 spiro atoms. The number of oxime groups is 1. The molecule has 4 rings (SSSR count). The van der Waals surface area contributed by atoms with Crippen LogP contribution < -0.4 is 5.32 Å². The number of anilines is 1. The lowest BCUT2D eigenvalue weighted by atomic mass is 10.0. The molecule has 1 aliphatic heterocycles. The van der Waals surface area contributed by atoms with Crippen molar-refractivity contribution in [3.8, 4) is 0 Å². The third-order valence-electron chi connectivity index (χ3n) is 4.14.